The molecule has 102 valence electrons. The van der Waals surface area contributed by atoms with Crippen LogP contribution in [0, 0.1) is 22.7 Å². The fourth-order valence-electron chi connectivity index (χ4n) is 1.40. The van der Waals surface area contributed by atoms with Gasteiger partial charge in [-0.15, -0.1) is 0 Å². The van der Waals surface area contributed by atoms with E-state index in [4.69, 9.17) is 25.1 Å². The second-order valence-electron chi connectivity index (χ2n) is 3.60. The van der Waals surface area contributed by atoms with Gasteiger partial charge in [-0.3, -0.25) is 0 Å². The number of carboxylic acids is 1. The van der Waals surface area contributed by atoms with Crippen molar-refractivity contribution in [3.63, 3.8) is 0 Å². The van der Waals surface area contributed by atoms with Crippen molar-refractivity contribution in [2.45, 2.75) is 6.92 Å². The molecule has 0 saturated carbocycles. The molecule has 0 aliphatic heterocycles. The first-order valence-corrected chi connectivity index (χ1v) is 5.74. The molecular formula is C14H12N2O4. The second-order valence-corrected chi connectivity index (χ2v) is 3.60. The number of carbonyl (C=O) groups is 1. The Hall–Kier alpha value is -2.99. The zero-order valence-electron chi connectivity index (χ0n) is 10.8. The number of hydrogen-bond acceptors (Lipinski definition) is 5. The maximum atomic E-state index is 10.5. The van der Waals surface area contributed by atoms with E-state index in [-0.39, 0.29) is 5.57 Å². The van der Waals surface area contributed by atoms with E-state index in [0.717, 1.165) is 0 Å². The molecule has 0 radical (unpaired) electrons. The van der Waals surface area contributed by atoms with Crippen molar-refractivity contribution in [3.8, 4) is 23.6 Å². The molecule has 0 spiro atoms. The molecule has 0 unspecified atom stereocenters. The third kappa shape index (κ3) is 4.35. The molecule has 1 aromatic carbocycles. The number of benzene rings is 1. The van der Waals surface area contributed by atoms with E-state index >= 15 is 0 Å². The lowest BCUT2D eigenvalue weighted by Crippen LogP contribution is -2.10. The fraction of sp³-hybridized carbons (Fsp3) is 0.214. The molecule has 0 aliphatic carbocycles. The first-order chi connectivity index (χ1) is 9.60. The minimum atomic E-state index is -1.09. The van der Waals surface area contributed by atoms with Crippen molar-refractivity contribution in [1.82, 2.24) is 0 Å². The Morgan fingerprint density at radius 3 is 2.55 bits per heavy atom. The highest BCUT2D eigenvalue weighted by molar-refractivity contribution is 5.69. The van der Waals surface area contributed by atoms with Gasteiger partial charge in [-0.25, -0.2) is 4.79 Å². The monoisotopic (exact) mass is 272 g/mol. The van der Waals surface area contributed by atoms with Crippen molar-refractivity contribution < 1.29 is 19.4 Å². The lowest BCUT2D eigenvalue weighted by molar-refractivity contribution is -0.139. The summed E-state index contributed by atoms with van der Waals surface area (Å²) in [6, 6.07) is 8.23. The van der Waals surface area contributed by atoms with Crippen LogP contribution in [-0.4, -0.2) is 24.3 Å². The number of nitriles is 2. The molecule has 1 N–H and O–H groups in total. The van der Waals surface area contributed by atoms with Crippen LogP contribution < -0.4 is 9.47 Å². The quantitative estimate of drug-likeness (QED) is 0.794. The Bertz CT molecular complexity index is 593. The van der Waals surface area contributed by atoms with Gasteiger partial charge in [-0.05, 0) is 30.7 Å². The van der Waals surface area contributed by atoms with Crippen LogP contribution in [0.3, 0.4) is 0 Å². The number of ether oxygens (including phenoxy) is 2. The summed E-state index contributed by atoms with van der Waals surface area (Å²) in [4.78, 5) is 10.5. The molecule has 0 fully saturated rings. The summed E-state index contributed by atoms with van der Waals surface area (Å²) in [7, 11) is 0. The summed E-state index contributed by atoms with van der Waals surface area (Å²) in [6.07, 6.45) is 1.41. The van der Waals surface area contributed by atoms with Crippen LogP contribution >= 0.6 is 0 Å². The summed E-state index contributed by atoms with van der Waals surface area (Å²) in [6.45, 7) is 1.68. The van der Waals surface area contributed by atoms with Crippen molar-refractivity contribution in [2.75, 3.05) is 13.2 Å². The van der Waals surface area contributed by atoms with Crippen LogP contribution in [0.2, 0.25) is 0 Å². The standard InChI is InChI=1S/C14H12N2O4/c1-2-19-13-6-10(5-11(7-15)8-16)3-4-12(13)20-9-14(17)18/h3-6H,2,9H2,1H3,(H,17,18). The Balaban J connectivity index is 3.07. The van der Waals surface area contributed by atoms with Crippen LogP contribution in [0.25, 0.3) is 6.08 Å². The highest BCUT2D eigenvalue weighted by Crippen LogP contribution is 2.29. The van der Waals surface area contributed by atoms with E-state index in [1.165, 1.54) is 12.1 Å². The van der Waals surface area contributed by atoms with E-state index in [9.17, 15) is 4.79 Å². The lowest BCUT2D eigenvalue weighted by atomic mass is 10.1. The Morgan fingerprint density at radius 1 is 1.30 bits per heavy atom. The third-order valence-electron chi connectivity index (χ3n) is 2.17. The van der Waals surface area contributed by atoms with E-state index in [1.54, 1.807) is 31.2 Å². The first-order valence-electron chi connectivity index (χ1n) is 5.74. The predicted molar refractivity (Wildman–Crippen MR) is 69.9 cm³/mol. The van der Waals surface area contributed by atoms with Gasteiger partial charge in [-0.1, -0.05) is 6.07 Å². The number of hydrogen-bond donors (Lipinski definition) is 1. The van der Waals surface area contributed by atoms with Crippen molar-refractivity contribution in [3.05, 3.63) is 29.3 Å². The molecule has 1 rings (SSSR count). The molecule has 0 bridgehead atoms. The van der Waals surface area contributed by atoms with E-state index in [0.29, 0.717) is 23.7 Å². The van der Waals surface area contributed by atoms with Crippen LogP contribution in [-0.2, 0) is 4.79 Å². The van der Waals surface area contributed by atoms with Crippen LogP contribution in [0.1, 0.15) is 12.5 Å². The van der Waals surface area contributed by atoms with Crippen LogP contribution in [0.15, 0.2) is 23.8 Å². The van der Waals surface area contributed by atoms with E-state index < -0.39 is 12.6 Å². The van der Waals surface area contributed by atoms with Gasteiger partial charge in [0.1, 0.15) is 17.7 Å². The van der Waals surface area contributed by atoms with Gasteiger partial charge in [0.05, 0.1) is 6.61 Å². The van der Waals surface area contributed by atoms with Gasteiger partial charge in [0.2, 0.25) is 0 Å². The average Bonchev–Trinajstić information content (AvgIpc) is 2.44. The van der Waals surface area contributed by atoms with Crippen molar-refractivity contribution >= 4 is 12.0 Å². The van der Waals surface area contributed by atoms with Gasteiger partial charge in [0.25, 0.3) is 0 Å². The molecule has 0 amide bonds. The second kappa shape index (κ2) is 7.45. The zero-order valence-corrected chi connectivity index (χ0v) is 10.8. The van der Waals surface area contributed by atoms with Crippen LogP contribution in [0.5, 0.6) is 11.5 Å². The van der Waals surface area contributed by atoms with Gasteiger partial charge >= 0.3 is 5.97 Å². The fourth-order valence-corrected chi connectivity index (χ4v) is 1.40. The van der Waals surface area contributed by atoms with E-state index in [1.807, 2.05) is 0 Å². The summed E-state index contributed by atoms with van der Waals surface area (Å²) in [5.41, 5.74) is 0.556. The van der Waals surface area contributed by atoms with Gasteiger partial charge in [0, 0.05) is 0 Å². The maximum Gasteiger partial charge on any atom is 0.341 e. The highest BCUT2D eigenvalue weighted by atomic mass is 16.5. The molecule has 0 atom stereocenters. The van der Waals surface area contributed by atoms with Crippen LogP contribution in [0.4, 0.5) is 0 Å². The molecule has 6 nitrogen and oxygen atoms in total. The number of nitrogens with zero attached hydrogens (tertiary/aromatic N) is 2. The third-order valence-corrected chi connectivity index (χ3v) is 2.17. The summed E-state index contributed by atoms with van der Waals surface area (Å²) in [5.74, 6) is -0.438. The molecule has 0 aromatic heterocycles. The zero-order chi connectivity index (χ0) is 15.0. The molecule has 0 heterocycles. The summed E-state index contributed by atoms with van der Waals surface area (Å²) < 4.78 is 10.4. The smallest absolute Gasteiger partial charge is 0.341 e. The van der Waals surface area contributed by atoms with Crippen molar-refractivity contribution in [1.29, 1.82) is 10.5 Å². The summed E-state index contributed by atoms with van der Waals surface area (Å²) in [5, 5.41) is 26.0. The van der Waals surface area contributed by atoms with Gasteiger partial charge in [-0.2, -0.15) is 10.5 Å². The predicted octanol–water partition coefficient (Wildman–Crippen LogP) is 1.98. The topological polar surface area (TPSA) is 103 Å². The SMILES string of the molecule is CCOc1cc(C=C(C#N)C#N)ccc1OCC(=O)O. The Kier molecular flexibility index (Phi) is 5.61. The van der Waals surface area contributed by atoms with E-state index in [2.05, 4.69) is 0 Å². The normalized spacial score (nSPS) is 8.95. The molecule has 0 saturated heterocycles. The molecule has 1 aromatic rings. The minimum absolute atomic E-state index is 0.0355. The number of aliphatic carboxylic acids is 1. The largest absolute Gasteiger partial charge is 0.490 e. The maximum absolute atomic E-state index is 10.5. The Labute approximate surface area is 116 Å². The molecule has 6 heteroatoms. The number of allylic oxidation sites excluding steroid dienone is 1. The van der Waals surface area contributed by atoms with Gasteiger partial charge < -0.3 is 14.6 Å². The highest BCUT2D eigenvalue weighted by Gasteiger charge is 2.08. The molecular weight excluding hydrogens is 260 g/mol. The number of carboxylic acid groups (broad SMARTS) is 1. The van der Waals surface area contributed by atoms with Gasteiger partial charge in [0.15, 0.2) is 18.1 Å². The number of rotatable bonds is 6. The summed E-state index contributed by atoms with van der Waals surface area (Å²) >= 11 is 0. The first kappa shape index (κ1) is 15.1. The van der Waals surface area contributed by atoms with Crippen molar-refractivity contribution in [2.24, 2.45) is 0 Å². The lowest BCUT2D eigenvalue weighted by Gasteiger charge is -2.11. The molecule has 0 aliphatic rings. The molecule has 20 heavy (non-hydrogen) atoms. The Morgan fingerprint density at radius 2 is 2.00 bits per heavy atom. The minimum Gasteiger partial charge on any atom is -0.490 e. The average molecular weight is 272 g/mol.